The Bertz CT molecular complexity index is 1460. The van der Waals surface area contributed by atoms with E-state index in [0.717, 1.165) is 9.87 Å². The molecule has 0 spiro atoms. The maximum Gasteiger partial charge on any atom is 0.264 e. The van der Waals surface area contributed by atoms with Gasteiger partial charge in [-0.05, 0) is 69.7 Å². The molecule has 0 saturated heterocycles. The van der Waals surface area contributed by atoms with Crippen molar-refractivity contribution in [1.82, 2.24) is 10.2 Å². The number of halogens is 1. The van der Waals surface area contributed by atoms with Crippen LogP contribution in [0.2, 0.25) is 5.02 Å². The number of rotatable bonds is 11. The second-order valence-electron chi connectivity index (χ2n) is 10.4. The summed E-state index contributed by atoms with van der Waals surface area (Å²) in [6, 6.07) is 18.4. The molecule has 0 aliphatic rings. The van der Waals surface area contributed by atoms with Gasteiger partial charge < -0.3 is 19.7 Å². The Hall–Kier alpha value is -3.76. The summed E-state index contributed by atoms with van der Waals surface area (Å²) in [5.74, 6) is -0.379. The fourth-order valence-corrected chi connectivity index (χ4v) is 5.63. The molecule has 11 heteroatoms. The topological polar surface area (TPSA) is 105 Å². The molecule has 3 aromatic carbocycles. The van der Waals surface area contributed by atoms with Crippen LogP contribution < -0.4 is 19.1 Å². The number of benzene rings is 3. The summed E-state index contributed by atoms with van der Waals surface area (Å²) < 4.78 is 39.8. The van der Waals surface area contributed by atoms with Crippen molar-refractivity contribution < 1.29 is 27.5 Å². The number of amides is 2. The van der Waals surface area contributed by atoms with E-state index in [-0.39, 0.29) is 28.8 Å². The molecule has 0 aliphatic carbocycles. The number of nitrogens with one attached hydrogen (secondary N) is 1. The summed E-state index contributed by atoms with van der Waals surface area (Å²) in [4.78, 5) is 28.6. The van der Waals surface area contributed by atoms with E-state index in [0.29, 0.717) is 10.8 Å². The van der Waals surface area contributed by atoms with Gasteiger partial charge in [0.1, 0.15) is 24.1 Å². The van der Waals surface area contributed by atoms with Crippen LogP contribution in [-0.2, 0) is 26.2 Å². The lowest BCUT2D eigenvalue weighted by atomic mass is 10.1. The number of hydrogen-bond acceptors (Lipinski definition) is 6. The van der Waals surface area contributed by atoms with Gasteiger partial charge in [0, 0.05) is 23.2 Å². The molecule has 0 radical (unpaired) electrons. The second-order valence-corrected chi connectivity index (χ2v) is 12.7. The molecule has 1 atom stereocenters. The first-order chi connectivity index (χ1) is 19.3. The number of sulfonamides is 1. The van der Waals surface area contributed by atoms with E-state index in [1.165, 1.54) is 37.3 Å². The Morgan fingerprint density at radius 3 is 2.15 bits per heavy atom. The van der Waals surface area contributed by atoms with Crippen LogP contribution in [-0.4, -0.2) is 57.5 Å². The van der Waals surface area contributed by atoms with Crippen LogP contribution in [0.5, 0.6) is 11.5 Å². The number of carbonyl (C=O) groups is 2. The summed E-state index contributed by atoms with van der Waals surface area (Å²) >= 11 is 6.05. The summed E-state index contributed by atoms with van der Waals surface area (Å²) in [6.45, 7) is 6.56. The Balaban J connectivity index is 2.11. The number of hydrogen-bond donors (Lipinski definition) is 1. The summed E-state index contributed by atoms with van der Waals surface area (Å²) in [5, 5.41) is 3.42. The zero-order valence-electron chi connectivity index (χ0n) is 24.0. The summed E-state index contributed by atoms with van der Waals surface area (Å²) in [7, 11) is -1.40. The SMILES string of the molecule is COc1ccc(OC)c(N(CC(=O)N(Cc2ccc(Cl)cc2)C(C)C(=O)NC(C)(C)C)S(=O)(=O)c2ccccc2)c1. The number of methoxy groups -OCH3 is 2. The molecule has 41 heavy (non-hydrogen) atoms. The smallest absolute Gasteiger partial charge is 0.264 e. The van der Waals surface area contributed by atoms with Crippen LogP contribution in [0.1, 0.15) is 33.3 Å². The van der Waals surface area contributed by atoms with Crippen molar-refractivity contribution in [2.24, 2.45) is 0 Å². The molecule has 0 saturated carbocycles. The predicted molar refractivity (Wildman–Crippen MR) is 160 cm³/mol. The minimum absolute atomic E-state index is 0.0135. The molecule has 1 N–H and O–H groups in total. The Morgan fingerprint density at radius 2 is 1.59 bits per heavy atom. The second kappa shape index (κ2) is 13.3. The van der Waals surface area contributed by atoms with Crippen molar-refractivity contribution in [3.05, 3.63) is 83.4 Å². The molecule has 0 fully saturated rings. The van der Waals surface area contributed by atoms with Crippen LogP contribution in [0.25, 0.3) is 0 Å². The first kappa shape index (κ1) is 31.8. The molecular weight excluding hydrogens is 566 g/mol. The lowest BCUT2D eigenvalue weighted by Crippen LogP contribution is -2.54. The fourth-order valence-electron chi connectivity index (χ4n) is 4.07. The minimum atomic E-state index is -4.26. The van der Waals surface area contributed by atoms with Gasteiger partial charge in [-0.3, -0.25) is 13.9 Å². The van der Waals surface area contributed by atoms with Crippen LogP contribution in [0.3, 0.4) is 0 Å². The molecule has 0 bridgehead atoms. The van der Waals surface area contributed by atoms with Gasteiger partial charge >= 0.3 is 0 Å². The minimum Gasteiger partial charge on any atom is -0.497 e. The van der Waals surface area contributed by atoms with Crippen molar-refractivity contribution >= 4 is 39.1 Å². The number of anilines is 1. The van der Waals surface area contributed by atoms with Crippen molar-refractivity contribution in [2.45, 2.75) is 50.7 Å². The third-order valence-corrected chi connectivity index (χ3v) is 8.22. The number of ether oxygens (including phenoxy) is 2. The van der Waals surface area contributed by atoms with Gasteiger partial charge in [-0.2, -0.15) is 0 Å². The van der Waals surface area contributed by atoms with Gasteiger partial charge in [-0.15, -0.1) is 0 Å². The van der Waals surface area contributed by atoms with E-state index in [9.17, 15) is 18.0 Å². The van der Waals surface area contributed by atoms with Gasteiger partial charge in [0.15, 0.2) is 0 Å². The predicted octanol–water partition coefficient (Wildman–Crippen LogP) is 4.88. The van der Waals surface area contributed by atoms with Crippen molar-refractivity contribution in [1.29, 1.82) is 0 Å². The van der Waals surface area contributed by atoms with Crippen LogP contribution in [0.15, 0.2) is 77.7 Å². The first-order valence-corrected chi connectivity index (χ1v) is 14.7. The van der Waals surface area contributed by atoms with Crippen LogP contribution >= 0.6 is 11.6 Å². The molecule has 0 heterocycles. The molecule has 220 valence electrons. The van der Waals surface area contributed by atoms with Crippen molar-refractivity contribution in [3.8, 4) is 11.5 Å². The number of carbonyl (C=O) groups excluding carboxylic acids is 2. The van der Waals surface area contributed by atoms with E-state index in [2.05, 4.69) is 5.32 Å². The highest BCUT2D eigenvalue weighted by molar-refractivity contribution is 7.92. The van der Waals surface area contributed by atoms with Crippen LogP contribution in [0, 0.1) is 0 Å². The average molecular weight is 602 g/mol. The molecule has 1 unspecified atom stereocenters. The highest BCUT2D eigenvalue weighted by atomic mass is 35.5. The third kappa shape index (κ3) is 8.14. The highest BCUT2D eigenvalue weighted by Crippen LogP contribution is 2.36. The maximum atomic E-state index is 14.1. The van der Waals surface area contributed by atoms with Gasteiger partial charge in [0.05, 0.1) is 24.8 Å². The van der Waals surface area contributed by atoms with Gasteiger partial charge in [0.25, 0.3) is 10.0 Å². The van der Waals surface area contributed by atoms with E-state index < -0.39 is 34.1 Å². The molecule has 3 aromatic rings. The van der Waals surface area contributed by atoms with Crippen molar-refractivity contribution in [2.75, 3.05) is 25.1 Å². The molecular formula is C30H36ClN3O6S. The van der Waals surface area contributed by atoms with Crippen molar-refractivity contribution in [3.63, 3.8) is 0 Å². The molecule has 9 nitrogen and oxygen atoms in total. The molecule has 0 aromatic heterocycles. The maximum absolute atomic E-state index is 14.1. The number of nitrogens with zero attached hydrogens (tertiary/aromatic N) is 2. The normalized spacial score (nSPS) is 12.3. The zero-order chi connectivity index (χ0) is 30.4. The van der Waals surface area contributed by atoms with Gasteiger partial charge in [0.2, 0.25) is 11.8 Å². The lowest BCUT2D eigenvalue weighted by Gasteiger charge is -2.33. The lowest BCUT2D eigenvalue weighted by molar-refractivity contribution is -0.140. The Morgan fingerprint density at radius 1 is 0.951 bits per heavy atom. The monoisotopic (exact) mass is 601 g/mol. The summed E-state index contributed by atoms with van der Waals surface area (Å²) in [6.07, 6.45) is 0. The quantitative estimate of drug-likeness (QED) is 0.336. The van der Waals surface area contributed by atoms with E-state index >= 15 is 0 Å². The van der Waals surface area contributed by atoms with Gasteiger partial charge in [-0.1, -0.05) is 41.9 Å². The molecule has 3 rings (SSSR count). The highest BCUT2D eigenvalue weighted by Gasteiger charge is 2.34. The largest absolute Gasteiger partial charge is 0.497 e. The Kier molecular flexibility index (Phi) is 10.3. The Labute approximate surface area is 247 Å². The van der Waals surface area contributed by atoms with E-state index in [1.54, 1.807) is 61.5 Å². The molecule has 0 aliphatic heterocycles. The van der Waals surface area contributed by atoms with E-state index in [4.69, 9.17) is 21.1 Å². The third-order valence-electron chi connectivity index (χ3n) is 6.20. The zero-order valence-corrected chi connectivity index (χ0v) is 25.6. The average Bonchev–Trinajstić information content (AvgIpc) is 2.94. The summed E-state index contributed by atoms with van der Waals surface area (Å²) in [5.41, 5.74) is 0.286. The fraction of sp³-hybridized carbons (Fsp3) is 0.333. The van der Waals surface area contributed by atoms with Crippen LogP contribution in [0.4, 0.5) is 5.69 Å². The van der Waals surface area contributed by atoms with Gasteiger partial charge in [-0.25, -0.2) is 8.42 Å². The standard InChI is InChI=1S/C30H36ClN3O6S/c1-21(29(36)32-30(2,3)4)33(19-22-12-14-23(31)15-13-22)28(35)20-34(41(37,38)25-10-8-7-9-11-25)26-18-24(39-5)16-17-27(26)40-6/h7-18,21H,19-20H2,1-6H3,(H,32,36). The first-order valence-electron chi connectivity index (χ1n) is 12.9. The molecule has 2 amide bonds. The van der Waals surface area contributed by atoms with E-state index in [1.807, 2.05) is 20.8 Å².